The van der Waals surface area contributed by atoms with Gasteiger partial charge in [0.25, 0.3) is 0 Å². The fraction of sp³-hybridized carbons (Fsp3) is 0.250. The van der Waals surface area contributed by atoms with Gasteiger partial charge in [-0.05, 0) is 43.7 Å². The summed E-state index contributed by atoms with van der Waals surface area (Å²) in [6.07, 6.45) is 10.3. The largest absolute Gasteiger partial charge is 0.368 e. The van der Waals surface area contributed by atoms with Crippen molar-refractivity contribution >= 4 is 29.3 Å². The number of allylic oxidation sites excluding steroid dienone is 4. The molecule has 10 heteroatoms. The molecule has 0 bridgehead atoms. The topological polar surface area (TPSA) is 93.2 Å². The molecule has 0 saturated carbocycles. The van der Waals surface area contributed by atoms with Gasteiger partial charge in [0, 0.05) is 54.9 Å². The van der Waals surface area contributed by atoms with Gasteiger partial charge in [0.05, 0.1) is 10.7 Å². The van der Waals surface area contributed by atoms with Crippen LogP contribution in [0.15, 0.2) is 60.6 Å². The lowest BCUT2D eigenvalue weighted by molar-refractivity contribution is 0.229. The summed E-state index contributed by atoms with van der Waals surface area (Å²) in [5.74, 6) is -0.308. The van der Waals surface area contributed by atoms with Crippen LogP contribution >= 0.6 is 11.6 Å². The highest BCUT2D eigenvalue weighted by Gasteiger charge is 2.34. The van der Waals surface area contributed by atoms with E-state index in [9.17, 15) is 9.18 Å². The normalized spacial score (nSPS) is 18.0. The molecule has 0 radical (unpaired) electrons. The van der Waals surface area contributed by atoms with Crippen molar-refractivity contribution in [2.45, 2.75) is 25.8 Å². The van der Waals surface area contributed by atoms with Crippen LogP contribution in [0.2, 0.25) is 5.02 Å². The quantitative estimate of drug-likeness (QED) is 0.577. The molecule has 2 N–H and O–H groups in total. The minimum Gasteiger partial charge on any atom is -0.368 e. The number of hydrogen-bond donors (Lipinski definition) is 1. The average Bonchev–Trinajstić information content (AvgIpc) is 3.45. The van der Waals surface area contributed by atoms with E-state index in [4.69, 9.17) is 22.4 Å². The Kier molecular flexibility index (Phi) is 5.79. The monoisotopic (exact) mass is 479 g/mol. The van der Waals surface area contributed by atoms with Crippen molar-refractivity contribution < 1.29 is 9.18 Å². The Bertz CT molecular complexity index is 1320. The predicted molar refractivity (Wildman–Crippen MR) is 129 cm³/mol. The fourth-order valence-corrected chi connectivity index (χ4v) is 4.52. The van der Waals surface area contributed by atoms with Gasteiger partial charge in [-0.15, -0.1) is 0 Å². The molecule has 1 aliphatic carbocycles. The Morgan fingerprint density at radius 3 is 2.82 bits per heavy atom. The number of nitrogen functional groups attached to an aromatic ring is 1. The number of benzene rings is 1. The van der Waals surface area contributed by atoms with Crippen molar-refractivity contribution in [1.29, 1.82) is 0 Å². The maximum Gasteiger partial charge on any atom is 0.328 e. The molecule has 2 aromatic heterocycles. The summed E-state index contributed by atoms with van der Waals surface area (Å²) in [5, 5.41) is 4.70. The van der Waals surface area contributed by atoms with Crippen molar-refractivity contribution in [1.82, 2.24) is 24.6 Å². The van der Waals surface area contributed by atoms with Crippen molar-refractivity contribution in [3.05, 3.63) is 77.0 Å². The number of hydrogen-bond acceptors (Lipinski definition) is 5. The van der Waals surface area contributed by atoms with E-state index in [0.29, 0.717) is 37.4 Å². The third kappa shape index (κ3) is 4.03. The van der Waals surface area contributed by atoms with E-state index in [1.54, 1.807) is 28.1 Å². The second kappa shape index (κ2) is 8.90. The zero-order chi connectivity index (χ0) is 23.8. The predicted octanol–water partition coefficient (Wildman–Crippen LogP) is 4.60. The number of carbonyl (C=O) groups excluding carboxylic acids is 1. The van der Waals surface area contributed by atoms with Crippen molar-refractivity contribution in [3.8, 4) is 11.4 Å². The Morgan fingerprint density at radius 1 is 1.24 bits per heavy atom. The summed E-state index contributed by atoms with van der Waals surface area (Å²) in [4.78, 5) is 24.9. The fourth-order valence-electron chi connectivity index (χ4n) is 4.35. The smallest absolute Gasteiger partial charge is 0.328 e. The zero-order valence-electron chi connectivity index (χ0n) is 18.5. The third-order valence-corrected chi connectivity index (χ3v) is 6.35. The molecule has 1 saturated heterocycles. The summed E-state index contributed by atoms with van der Waals surface area (Å²) in [6.45, 7) is 3.76. The van der Waals surface area contributed by atoms with Gasteiger partial charge in [-0.25, -0.2) is 19.2 Å². The highest BCUT2D eigenvalue weighted by molar-refractivity contribution is 6.31. The number of anilines is 2. The number of halogens is 2. The first-order valence-corrected chi connectivity index (χ1v) is 11.4. The van der Waals surface area contributed by atoms with E-state index in [-0.39, 0.29) is 22.9 Å². The molecule has 1 aliphatic heterocycles. The molecule has 1 atom stereocenters. The minimum absolute atomic E-state index is 0.00514. The summed E-state index contributed by atoms with van der Waals surface area (Å²) >= 11 is 5.93. The second-order valence-corrected chi connectivity index (χ2v) is 8.53. The van der Waals surface area contributed by atoms with Crippen LogP contribution in [0, 0.1) is 5.82 Å². The van der Waals surface area contributed by atoms with Gasteiger partial charge in [-0.3, -0.25) is 14.5 Å². The lowest BCUT2D eigenvalue weighted by Crippen LogP contribution is -2.32. The van der Waals surface area contributed by atoms with Gasteiger partial charge in [0.15, 0.2) is 0 Å². The van der Waals surface area contributed by atoms with Crippen LogP contribution in [0.3, 0.4) is 0 Å². The molecular formula is C24H23ClFN7O. The van der Waals surface area contributed by atoms with Crippen molar-refractivity contribution in [3.63, 3.8) is 0 Å². The molecule has 8 nitrogen and oxygen atoms in total. The summed E-state index contributed by atoms with van der Waals surface area (Å²) < 4.78 is 15.4. The SMILES string of the molecule is CCn1cc(C2C=CC=C(N3CCN(c4ccc(F)c(Cl)c4)C3=O)C2)c(-c2ccnc(N)n2)n1. The number of amides is 2. The Balaban J connectivity index is 1.39. The Morgan fingerprint density at radius 2 is 2.06 bits per heavy atom. The van der Waals surface area contributed by atoms with Gasteiger partial charge in [0.1, 0.15) is 11.5 Å². The van der Waals surface area contributed by atoms with Crippen LogP contribution in [0.25, 0.3) is 11.4 Å². The lowest BCUT2D eigenvalue weighted by atomic mass is 9.90. The first kappa shape index (κ1) is 22.1. The van der Waals surface area contributed by atoms with E-state index in [1.165, 1.54) is 12.1 Å². The number of urea groups is 1. The molecule has 0 spiro atoms. The van der Waals surface area contributed by atoms with Crippen molar-refractivity contribution in [2.75, 3.05) is 23.7 Å². The number of nitrogens with zero attached hydrogens (tertiary/aromatic N) is 6. The molecule has 2 amide bonds. The molecule has 3 heterocycles. The first-order valence-electron chi connectivity index (χ1n) is 11.0. The first-order chi connectivity index (χ1) is 16.4. The summed E-state index contributed by atoms with van der Waals surface area (Å²) in [5.41, 5.74) is 9.72. The molecule has 3 aromatic rings. The van der Waals surface area contributed by atoms with E-state index < -0.39 is 5.82 Å². The number of aryl methyl sites for hydroxylation is 1. The van der Waals surface area contributed by atoms with Gasteiger partial charge in [-0.1, -0.05) is 23.8 Å². The number of aromatic nitrogens is 4. The molecule has 34 heavy (non-hydrogen) atoms. The van der Waals surface area contributed by atoms with Crippen LogP contribution in [0.1, 0.15) is 24.8 Å². The van der Waals surface area contributed by atoms with Crippen LogP contribution in [-0.4, -0.2) is 43.8 Å². The molecule has 5 rings (SSSR count). The lowest BCUT2D eigenvalue weighted by Gasteiger charge is -2.26. The number of carbonyl (C=O) groups is 1. The molecule has 174 valence electrons. The highest BCUT2D eigenvalue weighted by atomic mass is 35.5. The van der Waals surface area contributed by atoms with Crippen LogP contribution in [-0.2, 0) is 6.54 Å². The standard InChI is InChI=1S/C24H23ClFN7O/c1-2-31-14-18(22(30-31)21-8-9-28-23(27)29-21)15-4-3-5-16(12-15)32-10-11-33(24(32)34)17-6-7-20(26)19(25)13-17/h3-9,13-15H,2,10-12H2,1H3,(H2,27,28,29). The summed E-state index contributed by atoms with van der Waals surface area (Å²) in [7, 11) is 0. The second-order valence-electron chi connectivity index (χ2n) is 8.13. The Labute approximate surface area is 201 Å². The average molecular weight is 480 g/mol. The maximum absolute atomic E-state index is 13.6. The van der Waals surface area contributed by atoms with E-state index in [0.717, 1.165) is 17.0 Å². The maximum atomic E-state index is 13.6. The molecule has 1 fully saturated rings. The minimum atomic E-state index is -0.509. The number of nitrogens with two attached hydrogens (primary N) is 1. The Hall–Kier alpha value is -3.72. The van der Waals surface area contributed by atoms with E-state index in [2.05, 4.69) is 16.0 Å². The van der Waals surface area contributed by atoms with Crippen LogP contribution < -0.4 is 10.6 Å². The molecule has 1 aromatic carbocycles. The van der Waals surface area contributed by atoms with Gasteiger partial charge < -0.3 is 5.73 Å². The van der Waals surface area contributed by atoms with Gasteiger partial charge in [0.2, 0.25) is 5.95 Å². The molecular weight excluding hydrogens is 457 g/mol. The molecule has 1 unspecified atom stereocenters. The highest BCUT2D eigenvalue weighted by Crippen LogP contribution is 2.37. The van der Waals surface area contributed by atoms with Gasteiger partial charge in [-0.2, -0.15) is 5.10 Å². The summed E-state index contributed by atoms with van der Waals surface area (Å²) in [6, 6.07) is 5.96. The molecule has 2 aliphatic rings. The van der Waals surface area contributed by atoms with Crippen molar-refractivity contribution in [2.24, 2.45) is 0 Å². The van der Waals surface area contributed by atoms with E-state index in [1.807, 2.05) is 30.0 Å². The third-order valence-electron chi connectivity index (χ3n) is 6.06. The van der Waals surface area contributed by atoms with Crippen LogP contribution in [0.4, 0.5) is 20.8 Å². The van der Waals surface area contributed by atoms with E-state index >= 15 is 0 Å². The van der Waals surface area contributed by atoms with Gasteiger partial charge >= 0.3 is 6.03 Å². The zero-order valence-corrected chi connectivity index (χ0v) is 19.3. The number of rotatable bonds is 5. The van der Waals surface area contributed by atoms with Crippen LogP contribution in [0.5, 0.6) is 0 Å².